The summed E-state index contributed by atoms with van der Waals surface area (Å²) in [5, 5.41) is 14.1. The van der Waals surface area contributed by atoms with Crippen LogP contribution in [-0.2, 0) is 13.9 Å². The van der Waals surface area contributed by atoms with Gasteiger partial charge in [-0.15, -0.1) is 0 Å². The van der Waals surface area contributed by atoms with Gasteiger partial charge < -0.3 is 19.8 Å². The second-order valence-electron chi connectivity index (χ2n) is 10.5. The van der Waals surface area contributed by atoms with Crippen molar-refractivity contribution in [3.63, 3.8) is 0 Å². The quantitative estimate of drug-likeness (QED) is 0.597. The summed E-state index contributed by atoms with van der Waals surface area (Å²) in [6, 6.07) is 3.55. The Bertz CT molecular complexity index is 1040. The number of hydrogen-bond donors (Lipinski definition) is 2. The van der Waals surface area contributed by atoms with Crippen LogP contribution in [0.2, 0.25) is 0 Å². The molecule has 2 heterocycles. The van der Waals surface area contributed by atoms with Gasteiger partial charge in [0, 0.05) is 6.54 Å². The van der Waals surface area contributed by atoms with Gasteiger partial charge >= 0.3 is 7.52 Å². The predicted octanol–water partition coefficient (Wildman–Crippen LogP) is 5.01. The molecule has 1 amide bonds. The van der Waals surface area contributed by atoms with Crippen LogP contribution in [0.1, 0.15) is 54.9 Å². The fraction of sp³-hybridized carbons (Fsp3) is 0.565. The molecular formula is C23H33FN3O4P. The fourth-order valence-electron chi connectivity index (χ4n) is 4.03. The molecule has 1 aromatic carbocycles. The summed E-state index contributed by atoms with van der Waals surface area (Å²) >= 11 is 0. The lowest BCUT2D eigenvalue weighted by Crippen LogP contribution is -2.45. The average Bonchev–Trinajstić information content (AvgIpc) is 2.90. The molecule has 0 saturated heterocycles. The fourth-order valence-corrected chi connectivity index (χ4v) is 5.82. The Morgan fingerprint density at radius 2 is 1.91 bits per heavy atom. The van der Waals surface area contributed by atoms with Crippen molar-refractivity contribution in [3.8, 4) is 0 Å². The summed E-state index contributed by atoms with van der Waals surface area (Å²) in [4.78, 5) is 15.1. The monoisotopic (exact) mass is 465 g/mol. The Labute approximate surface area is 189 Å². The standard InChI is InChI=1S/C23H33FN3O4P/c1-8-31-32(30)15-11-9-10-14(24)17(15)25-20(26-32)16-18(28)19(23(5,6)7)27(21(16)29)13-12-22(2,3)4/h9-11,19,28H,8,12-13H2,1-7H3,(H,25,26,30)/t19-,32?/m1/s1. The van der Waals surface area contributed by atoms with Crippen LogP contribution in [0.15, 0.2) is 34.3 Å². The molecule has 0 radical (unpaired) electrons. The van der Waals surface area contributed by atoms with Gasteiger partial charge in [-0.05, 0) is 36.3 Å². The lowest BCUT2D eigenvalue weighted by atomic mass is 9.84. The summed E-state index contributed by atoms with van der Waals surface area (Å²) in [6.45, 7) is 14.2. The van der Waals surface area contributed by atoms with Crippen LogP contribution in [0, 0.1) is 16.6 Å². The first-order valence-corrected chi connectivity index (χ1v) is 12.4. The number of carbonyl (C=O) groups excluding carboxylic acids is 1. The summed E-state index contributed by atoms with van der Waals surface area (Å²) in [5.41, 5.74) is -0.633. The molecule has 0 aliphatic carbocycles. The first-order valence-electron chi connectivity index (χ1n) is 10.8. The molecule has 0 aromatic heterocycles. The number of rotatable bonds is 5. The molecule has 7 nitrogen and oxygen atoms in total. The van der Waals surface area contributed by atoms with Crippen molar-refractivity contribution in [1.29, 1.82) is 0 Å². The smallest absolute Gasteiger partial charge is 0.348 e. The number of halogens is 1. The van der Waals surface area contributed by atoms with Gasteiger partial charge in [-0.3, -0.25) is 9.36 Å². The normalized spacial score (nSPS) is 23.9. The van der Waals surface area contributed by atoms with Gasteiger partial charge in [-0.2, -0.15) is 4.76 Å². The summed E-state index contributed by atoms with van der Waals surface area (Å²) in [5.74, 6) is -1.36. The Morgan fingerprint density at radius 1 is 1.25 bits per heavy atom. The molecule has 2 aliphatic heterocycles. The van der Waals surface area contributed by atoms with Crippen LogP contribution >= 0.6 is 7.52 Å². The highest BCUT2D eigenvalue weighted by atomic mass is 31.2. The summed E-state index contributed by atoms with van der Waals surface area (Å²) in [7, 11) is -3.84. The number of nitrogens with zero attached hydrogens (tertiary/aromatic N) is 2. The third kappa shape index (κ3) is 4.48. The first kappa shape index (κ1) is 24.5. The highest BCUT2D eigenvalue weighted by Crippen LogP contribution is 2.53. The number of hydrogen-bond acceptors (Lipinski definition) is 5. The summed E-state index contributed by atoms with van der Waals surface area (Å²) < 4.78 is 37.9. The second-order valence-corrected chi connectivity index (χ2v) is 12.5. The molecule has 0 bridgehead atoms. The Balaban J connectivity index is 2.12. The van der Waals surface area contributed by atoms with Gasteiger partial charge in [0.15, 0.2) is 5.84 Å². The number of amidine groups is 1. The third-order valence-electron chi connectivity index (χ3n) is 5.54. The van der Waals surface area contributed by atoms with E-state index in [1.54, 1.807) is 11.8 Å². The van der Waals surface area contributed by atoms with E-state index >= 15 is 0 Å². The van der Waals surface area contributed by atoms with Crippen LogP contribution in [0.5, 0.6) is 0 Å². The van der Waals surface area contributed by atoms with Crippen LogP contribution < -0.4 is 10.6 Å². The number of benzene rings is 1. The van der Waals surface area contributed by atoms with E-state index in [0.717, 1.165) is 6.42 Å². The van der Waals surface area contributed by atoms with Gasteiger partial charge in [-0.1, -0.05) is 47.6 Å². The lowest BCUT2D eigenvalue weighted by molar-refractivity contribution is -0.128. The van der Waals surface area contributed by atoms with Gasteiger partial charge in [-0.25, -0.2) is 4.39 Å². The van der Waals surface area contributed by atoms with Crippen LogP contribution in [0.25, 0.3) is 0 Å². The zero-order valence-corrected chi connectivity index (χ0v) is 20.7. The number of aliphatic hydroxyl groups is 1. The molecule has 32 heavy (non-hydrogen) atoms. The Kier molecular flexibility index (Phi) is 6.35. The molecule has 2 atom stereocenters. The largest absolute Gasteiger partial charge is 0.509 e. The van der Waals surface area contributed by atoms with E-state index < -0.39 is 30.7 Å². The van der Waals surface area contributed by atoms with Crippen molar-refractivity contribution in [1.82, 2.24) is 4.90 Å². The van der Waals surface area contributed by atoms with E-state index in [1.807, 2.05) is 20.8 Å². The number of anilines is 1. The number of para-hydroxylation sites is 1. The molecule has 1 aromatic rings. The number of aliphatic hydroxyl groups excluding tert-OH is 1. The van der Waals surface area contributed by atoms with E-state index in [4.69, 9.17) is 4.52 Å². The van der Waals surface area contributed by atoms with E-state index in [9.17, 15) is 18.9 Å². The maximum Gasteiger partial charge on any atom is 0.348 e. The van der Waals surface area contributed by atoms with Crippen molar-refractivity contribution < 1.29 is 23.4 Å². The van der Waals surface area contributed by atoms with Crippen molar-refractivity contribution in [2.75, 3.05) is 18.5 Å². The van der Waals surface area contributed by atoms with Crippen LogP contribution in [0.4, 0.5) is 10.1 Å². The Morgan fingerprint density at radius 3 is 2.47 bits per heavy atom. The molecule has 2 N–H and O–H groups in total. The lowest BCUT2D eigenvalue weighted by Gasteiger charge is -2.36. The van der Waals surface area contributed by atoms with Gasteiger partial charge in [0.1, 0.15) is 17.1 Å². The second kappa shape index (κ2) is 8.31. The molecule has 9 heteroatoms. The average molecular weight is 466 g/mol. The van der Waals surface area contributed by atoms with Crippen molar-refractivity contribution >= 4 is 30.3 Å². The Hall–Kier alpha value is -2.18. The SMILES string of the molecule is CCOP1(=O)N=C(C2=C(O)[C@H](C(C)(C)C)N(CCC(C)(C)C)C2=O)Nc2c(F)cccc21. The minimum Gasteiger partial charge on any atom is -0.509 e. The highest BCUT2D eigenvalue weighted by molar-refractivity contribution is 7.66. The molecular weight excluding hydrogens is 432 g/mol. The van der Waals surface area contributed by atoms with Crippen LogP contribution in [0.3, 0.4) is 0 Å². The molecule has 0 fully saturated rings. The minimum absolute atomic E-state index is 0.0194. The van der Waals surface area contributed by atoms with Crippen LogP contribution in [-0.4, -0.2) is 40.9 Å². The highest BCUT2D eigenvalue weighted by Gasteiger charge is 2.48. The molecule has 3 rings (SSSR count). The van der Waals surface area contributed by atoms with Gasteiger partial charge in [0.25, 0.3) is 5.91 Å². The molecule has 176 valence electrons. The maximum atomic E-state index is 14.6. The maximum absolute atomic E-state index is 14.6. The van der Waals surface area contributed by atoms with Crippen molar-refractivity contribution in [3.05, 3.63) is 35.3 Å². The molecule has 0 saturated carbocycles. The minimum atomic E-state index is -3.84. The first-order chi connectivity index (χ1) is 14.7. The molecule has 0 spiro atoms. The number of amides is 1. The van der Waals surface area contributed by atoms with Crippen molar-refractivity contribution in [2.24, 2.45) is 15.6 Å². The van der Waals surface area contributed by atoms with E-state index in [1.165, 1.54) is 18.2 Å². The molecule has 1 unspecified atom stereocenters. The topological polar surface area (TPSA) is 91.2 Å². The van der Waals surface area contributed by atoms with Gasteiger partial charge in [0.05, 0.1) is 23.6 Å². The molecule has 2 aliphatic rings. The van der Waals surface area contributed by atoms with E-state index in [2.05, 4.69) is 30.9 Å². The zero-order valence-electron chi connectivity index (χ0n) is 19.8. The zero-order chi connectivity index (χ0) is 24.1. The number of fused-ring (bicyclic) bond motifs is 1. The van der Waals surface area contributed by atoms with Crippen molar-refractivity contribution in [2.45, 2.75) is 60.9 Å². The van der Waals surface area contributed by atoms with E-state index in [-0.39, 0.29) is 40.2 Å². The number of carbonyl (C=O) groups is 1. The number of nitrogens with one attached hydrogen (secondary N) is 1. The summed E-state index contributed by atoms with van der Waals surface area (Å²) in [6.07, 6.45) is 0.723. The predicted molar refractivity (Wildman–Crippen MR) is 125 cm³/mol. The van der Waals surface area contributed by atoms with Gasteiger partial charge in [0.2, 0.25) is 0 Å². The third-order valence-corrected chi connectivity index (χ3v) is 7.59. The van der Waals surface area contributed by atoms with E-state index in [0.29, 0.717) is 6.54 Å².